The van der Waals surface area contributed by atoms with Crippen molar-refractivity contribution in [2.75, 3.05) is 6.61 Å². The minimum Gasteiger partial charge on any atom is -0.394 e. The van der Waals surface area contributed by atoms with E-state index in [2.05, 4.69) is 0 Å². The third-order valence-electron chi connectivity index (χ3n) is 1.95. The van der Waals surface area contributed by atoms with E-state index < -0.39 is 37.3 Å². The molecule has 0 aromatic carbocycles. The Morgan fingerprint density at radius 1 is 1.17 bits per heavy atom. The first-order valence-electron chi connectivity index (χ1n) is 3.64. The van der Waals surface area contributed by atoms with Crippen molar-refractivity contribution in [3.63, 3.8) is 0 Å². The lowest BCUT2D eigenvalue weighted by Gasteiger charge is -2.38. The van der Waals surface area contributed by atoms with E-state index in [0.717, 1.165) is 0 Å². The van der Waals surface area contributed by atoms with Gasteiger partial charge in [-0.25, -0.2) is 0 Å². The maximum absolute atomic E-state index is 9.20. The van der Waals surface area contributed by atoms with E-state index in [-0.39, 0.29) is 0 Å². The smallest absolute Gasteiger partial charge is 0.173 e. The van der Waals surface area contributed by atoms with E-state index in [9.17, 15) is 10.2 Å². The molecule has 0 bridgehead atoms. The molecule has 1 aliphatic heterocycles. The van der Waals surface area contributed by atoms with E-state index in [1.165, 1.54) is 0 Å². The summed E-state index contributed by atoms with van der Waals surface area (Å²) in [6, 6.07) is -1.04. The average Bonchev–Trinajstić information content (AvgIpc) is 2.08. The molecule has 1 saturated heterocycles. The van der Waals surface area contributed by atoms with Gasteiger partial charge in [0.05, 0.1) is 12.6 Å². The molecule has 5 atom stereocenters. The van der Waals surface area contributed by atoms with Gasteiger partial charge in [-0.15, -0.1) is 0 Å². The van der Waals surface area contributed by atoms with Crippen LogP contribution >= 0.6 is 0 Å². The average molecular weight is 179 g/mol. The van der Waals surface area contributed by atoms with Crippen molar-refractivity contribution < 1.29 is 25.2 Å². The molecular weight excluding hydrogens is 166 g/mol. The van der Waals surface area contributed by atoms with Crippen LogP contribution < -0.4 is 5.73 Å². The molecule has 72 valence electrons. The summed E-state index contributed by atoms with van der Waals surface area (Å²) in [5.41, 5.74) is 5.26. The van der Waals surface area contributed by atoms with Crippen LogP contribution in [0, 0.1) is 0 Å². The maximum Gasteiger partial charge on any atom is 0.173 e. The number of hydrogen-bond donors (Lipinski definition) is 5. The van der Waals surface area contributed by atoms with Gasteiger partial charge in [-0.05, 0) is 0 Å². The first kappa shape index (κ1) is 9.85. The molecule has 0 aromatic rings. The first-order valence-corrected chi connectivity index (χ1v) is 3.64. The number of aliphatic hydroxyl groups excluding tert-OH is 4. The van der Waals surface area contributed by atoms with Gasteiger partial charge >= 0.3 is 0 Å². The number of rotatable bonds is 1. The summed E-state index contributed by atoms with van der Waals surface area (Å²) < 4.78 is 4.70. The molecular formula is C6H13NO5. The van der Waals surface area contributed by atoms with Gasteiger partial charge in [0.15, 0.2) is 6.29 Å². The molecule has 1 fully saturated rings. The second kappa shape index (κ2) is 3.65. The topological polar surface area (TPSA) is 116 Å². The summed E-state index contributed by atoms with van der Waals surface area (Å²) in [6.07, 6.45) is -4.85. The van der Waals surface area contributed by atoms with Crippen LogP contribution in [0.1, 0.15) is 0 Å². The number of nitrogens with two attached hydrogens (primary N) is 1. The van der Waals surface area contributed by atoms with Gasteiger partial charge in [0.2, 0.25) is 0 Å². The van der Waals surface area contributed by atoms with Crippen molar-refractivity contribution in [3.05, 3.63) is 0 Å². The van der Waals surface area contributed by atoms with Gasteiger partial charge in [-0.2, -0.15) is 0 Å². The third-order valence-corrected chi connectivity index (χ3v) is 1.95. The SMILES string of the molecule is N[C@H]1[C@H](O)[C@@H](O)C(CO)O[C@H]1O. The first-order chi connectivity index (χ1) is 5.57. The molecule has 1 unspecified atom stereocenters. The summed E-state index contributed by atoms with van der Waals surface area (Å²) in [4.78, 5) is 0. The van der Waals surface area contributed by atoms with Crippen LogP contribution in [-0.4, -0.2) is 57.7 Å². The second-order valence-corrected chi connectivity index (χ2v) is 2.81. The Labute approximate surface area is 69.2 Å². The Bertz CT molecular complexity index is 150. The van der Waals surface area contributed by atoms with E-state index in [0.29, 0.717) is 0 Å². The number of aliphatic hydroxyl groups is 4. The fourth-order valence-electron chi connectivity index (χ4n) is 1.12. The van der Waals surface area contributed by atoms with Crippen molar-refractivity contribution in [2.24, 2.45) is 5.73 Å². The lowest BCUT2D eigenvalue weighted by Crippen LogP contribution is -2.61. The monoisotopic (exact) mass is 179 g/mol. The Kier molecular flexibility index (Phi) is 2.99. The van der Waals surface area contributed by atoms with Crippen LogP contribution in [-0.2, 0) is 4.74 Å². The molecule has 0 saturated carbocycles. The molecule has 1 aliphatic rings. The van der Waals surface area contributed by atoms with Crippen molar-refractivity contribution in [2.45, 2.75) is 30.6 Å². The zero-order chi connectivity index (χ0) is 9.30. The Balaban J connectivity index is 2.63. The van der Waals surface area contributed by atoms with E-state index >= 15 is 0 Å². The van der Waals surface area contributed by atoms with Crippen LogP contribution in [0.4, 0.5) is 0 Å². The highest BCUT2D eigenvalue weighted by atomic mass is 16.6. The van der Waals surface area contributed by atoms with E-state index in [1.807, 2.05) is 0 Å². The van der Waals surface area contributed by atoms with E-state index in [1.54, 1.807) is 0 Å². The second-order valence-electron chi connectivity index (χ2n) is 2.81. The summed E-state index contributed by atoms with van der Waals surface area (Å²) in [5, 5.41) is 36.1. The fourth-order valence-corrected chi connectivity index (χ4v) is 1.12. The Morgan fingerprint density at radius 3 is 2.25 bits per heavy atom. The van der Waals surface area contributed by atoms with Gasteiger partial charge in [-0.1, -0.05) is 0 Å². The van der Waals surface area contributed by atoms with Crippen LogP contribution in [0.15, 0.2) is 0 Å². The Morgan fingerprint density at radius 2 is 1.75 bits per heavy atom. The lowest BCUT2D eigenvalue weighted by molar-refractivity contribution is -0.248. The number of ether oxygens (including phenoxy) is 1. The van der Waals surface area contributed by atoms with Gasteiger partial charge < -0.3 is 30.9 Å². The summed E-state index contributed by atoms with van der Waals surface area (Å²) in [7, 11) is 0. The third kappa shape index (κ3) is 1.58. The summed E-state index contributed by atoms with van der Waals surface area (Å²) in [6.45, 7) is -0.470. The van der Waals surface area contributed by atoms with Crippen LogP contribution in [0.25, 0.3) is 0 Å². The number of hydrogen-bond acceptors (Lipinski definition) is 6. The largest absolute Gasteiger partial charge is 0.394 e. The van der Waals surface area contributed by atoms with Gasteiger partial charge in [0.1, 0.15) is 18.3 Å². The van der Waals surface area contributed by atoms with Crippen molar-refractivity contribution in [1.29, 1.82) is 0 Å². The molecule has 1 heterocycles. The molecule has 6 N–H and O–H groups in total. The molecule has 0 aromatic heterocycles. The van der Waals surface area contributed by atoms with Crippen molar-refractivity contribution in [1.82, 2.24) is 0 Å². The van der Waals surface area contributed by atoms with E-state index in [4.69, 9.17) is 20.7 Å². The van der Waals surface area contributed by atoms with Crippen molar-refractivity contribution >= 4 is 0 Å². The molecule has 12 heavy (non-hydrogen) atoms. The molecule has 0 aliphatic carbocycles. The van der Waals surface area contributed by atoms with Gasteiger partial charge in [-0.3, -0.25) is 0 Å². The highest BCUT2D eigenvalue weighted by molar-refractivity contribution is 4.90. The van der Waals surface area contributed by atoms with Crippen LogP contribution in [0.3, 0.4) is 0 Å². The normalized spacial score (nSPS) is 49.2. The molecule has 6 nitrogen and oxygen atoms in total. The summed E-state index contributed by atoms with van der Waals surface area (Å²) in [5.74, 6) is 0. The highest BCUT2D eigenvalue weighted by Gasteiger charge is 2.41. The molecule has 6 heteroatoms. The molecule has 1 rings (SSSR count). The molecule has 0 amide bonds. The zero-order valence-electron chi connectivity index (χ0n) is 6.37. The predicted octanol–water partition coefficient (Wildman–Crippen LogP) is -3.26. The highest BCUT2D eigenvalue weighted by Crippen LogP contribution is 2.17. The maximum atomic E-state index is 9.20. The standard InChI is InChI=1S/C6H13NO5/c7-3-5(10)4(9)2(1-8)12-6(3)11/h2-6,8-11H,1,7H2/t2?,3-,4-,5-,6+/m0/s1. The zero-order valence-corrected chi connectivity index (χ0v) is 6.37. The van der Waals surface area contributed by atoms with Crippen molar-refractivity contribution in [3.8, 4) is 0 Å². The minimum atomic E-state index is -1.35. The molecule has 0 spiro atoms. The van der Waals surface area contributed by atoms with Gasteiger partial charge in [0, 0.05) is 0 Å². The van der Waals surface area contributed by atoms with Crippen LogP contribution in [0.5, 0.6) is 0 Å². The quantitative estimate of drug-likeness (QED) is 0.288. The Hall–Kier alpha value is -0.240. The predicted molar refractivity (Wildman–Crippen MR) is 38.0 cm³/mol. The summed E-state index contributed by atoms with van der Waals surface area (Å²) >= 11 is 0. The fraction of sp³-hybridized carbons (Fsp3) is 1.00. The van der Waals surface area contributed by atoms with Gasteiger partial charge in [0.25, 0.3) is 0 Å². The molecule has 0 radical (unpaired) electrons. The lowest BCUT2D eigenvalue weighted by atomic mass is 9.98. The van der Waals surface area contributed by atoms with Crippen LogP contribution in [0.2, 0.25) is 0 Å². The minimum absolute atomic E-state index is 0.470.